The van der Waals surface area contributed by atoms with Crippen molar-refractivity contribution in [1.29, 1.82) is 0 Å². The predicted octanol–water partition coefficient (Wildman–Crippen LogP) is 6.34. The third-order valence-electron chi connectivity index (χ3n) is 6.18. The second-order valence-electron chi connectivity index (χ2n) is 8.85. The van der Waals surface area contributed by atoms with E-state index in [1.165, 1.54) is 51.9 Å². The number of nitrogens with zero attached hydrogens (tertiary/aromatic N) is 4. The van der Waals surface area contributed by atoms with Crippen LogP contribution in [-0.4, -0.2) is 20.2 Å². The first-order valence-corrected chi connectivity index (χ1v) is 12.8. The van der Waals surface area contributed by atoms with Crippen molar-refractivity contribution in [3.8, 4) is 11.5 Å². The fourth-order valence-electron chi connectivity index (χ4n) is 4.21. The number of hydrogen-bond acceptors (Lipinski definition) is 7. The summed E-state index contributed by atoms with van der Waals surface area (Å²) in [5.41, 5.74) is 3.65. The summed E-state index contributed by atoms with van der Waals surface area (Å²) in [6.07, 6.45) is 5.97. The number of thiophene rings is 1. The molecule has 31 heavy (non-hydrogen) atoms. The molecule has 0 aliphatic heterocycles. The van der Waals surface area contributed by atoms with Gasteiger partial charge < -0.3 is 4.42 Å². The molecule has 0 N–H and O–H groups in total. The lowest BCUT2D eigenvalue weighted by atomic mass is 9.89. The van der Waals surface area contributed by atoms with Crippen LogP contribution >= 0.6 is 23.1 Å². The second-order valence-corrected chi connectivity index (χ2v) is 10.9. The first-order valence-electron chi connectivity index (χ1n) is 11.0. The first kappa shape index (κ1) is 19.4. The Balaban J connectivity index is 1.31. The van der Waals surface area contributed by atoms with Gasteiger partial charge in [-0.15, -0.1) is 21.5 Å². The third kappa shape index (κ3) is 3.78. The van der Waals surface area contributed by atoms with Gasteiger partial charge in [-0.3, -0.25) is 0 Å². The van der Waals surface area contributed by atoms with Gasteiger partial charge in [0.25, 0.3) is 0 Å². The number of aromatic nitrogens is 4. The molecule has 2 aliphatic rings. The average molecular weight is 449 g/mol. The summed E-state index contributed by atoms with van der Waals surface area (Å²) < 4.78 is 5.96. The SMILES string of the molecule is Cc1ccc(-c2nnc(CSc3nc(C4CC4)nc4sc5c(c34)CC[C@H](C)C5)o2)cc1. The van der Waals surface area contributed by atoms with Crippen LogP contribution in [0.15, 0.2) is 33.7 Å². The molecule has 1 aromatic carbocycles. The molecule has 0 spiro atoms. The van der Waals surface area contributed by atoms with Crippen LogP contribution in [-0.2, 0) is 18.6 Å². The Bertz CT molecular complexity index is 1260. The molecule has 1 saturated carbocycles. The second kappa shape index (κ2) is 7.71. The lowest BCUT2D eigenvalue weighted by Gasteiger charge is -2.18. The summed E-state index contributed by atoms with van der Waals surface area (Å²) in [7, 11) is 0. The molecule has 0 unspecified atom stereocenters. The molecular weight excluding hydrogens is 424 g/mol. The van der Waals surface area contributed by atoms with E-state index in [2.05, 4.69) is 36.2 Å². The van der Waals surface area contributed by atoms with Crippen molar-refractivity contribution < 1.29 is 4.42 Å². The Labute approximate surface area is 189 Å². The Kier molecular flexibility index (Phi) is 4.83. The Morgan fingerprint density at radius 3 is 2.74 bits per heavy atom. The zero-order chi connectivity index (χ0) is 20.9. The number of thioether (sulfide) groups is 1. The Morgan fingerprint density at radius 1 is 1.10 bits per heavy atom. The van der Waals surface area contributed by atoms with E-state index < -0.39 is 0 Å². The van der Waals surface area contributed by atoms with Gasteiger partial charge in [-0.05, 0) is 62.6 Å². The number of rotatable bonds is 5. The highest BCUT2D eigenvalue weighted by atomic mass is 32.2. The quantitative estimate of drug-likeness (QED) is 0.262. The van der Waals surface area contributed by atoms with Crippen LogP contribution < -0.4 is 0 Å². The average Bonchev–Trinajstić information content (AvgIpc) is 3.40. The van der Waals surface area contributed by atoms with Crippen molar-refractivity contribution in [3.63, 3.8) is 0 Å². The molecular formula is C24H24N4OS2. The molecule has 0 amide bonds. The van der Waals surface area contributed by atoms with Crippen LogP contribution in [0.5, 0.6) is 0 Å². The molecule has 1 atom stereocenters. The van der Waals surface area contributed by atoms with E-state index in [0.29, 0.717) is 23.5 Å². The molecule has 3 aromatic heterocycles. The summed E-state index contributed by atoms with van der Waals surface area (Å²) in [6, 6.07) is 8.17. The van der Waals surface area contributed by atoms with Gasteiger partial charge in [-0.1, -0.05) is 36.4 Å². The topological polar surface area (TPSA) is 64.7 Å². The smallest absolute Gasteiger partial charge is 0.247 e. The Hall–Kier alpha value is -2.25. The summed E-state index contributed by atoms with van der Waals surface area (Å²) in [5.74, 6) is 4.15. The van der Waals surface area contributed by atoms with Crippen molar-refractivity contribution in [2.45, 2.75) is 62.6 Å². The van der Waals surface area contributed by atoms with Gasteiger partial charge in [0.2, 0.25) is 11.8 Å². The molecule has 2 aliphatic carbocycles. The Morgan fingerprint density at radius 2 is 1.94 bits per heavy atom. The van der Waals surface area contributed by atoms with Gasteiger partial charge in [0.1, 0.15) is 15.7 Å². The fraction of sp³-hybridized carbons (Fsp3) is 0.417. The zero-order valence-corrected chi connectivity index (χ0v) is 19.4. The van der Waals surface area contributed by atoms with Gasteiger partial charge in [-0.25, -0.2) is 9.97 Å². The molecule has 0 radical (unpaired) electrons. The molecule has 3 heterocycles. The van der Waals surface area contributed by atoms with Crippen LogP contribution in [0.25, 0.3) is 21.7 Å². The number of hydrogen-bond donors (Lipinski definition) is 0. The first-order chi connectivity index (χ1) is 15.1. The van der Waals surface area contributed by atoms with Crippen LogP contribution in [0.2, 0.25) is 0 Å². The van der Waals surface area contributed by atoms with Crippen LogP contribution in [0.3, 0.4) is 0 Å². The van der Waals surface area contributed by atoms with Gasteiger partial charge in [-0.2, -0.15) is 0 Å². The largest absolute Gasteiger partial charge is 0.420 e. The fourth-order valence-corrected chi connectivity index (χ4v) is 6.56. The van der Waals surface area contributed by atoms with E-state index in [1.54, 1.807) is 11.8 Å². The molecule has 158 valence electrons. The predicted molar refractivity (Wildman–Crippen MR) is 125 cm³/mol. The van der Waals surface area contributed by atoms with E-state index in [0.717, 1.165) is 28.8 Å². The van der Waals surface area contributed by atoms with Crippen molar-refractivity contribution in [2.24, 2.45) is 5.92 Å². The highest BCUT2D eigenvalue weighted by molar-refractivity contribution is 7.98. The minimum atomic E-state index is 0.540. The van der Waals surface area contributed by atoms with Crippen molar-refractivity contribution >= 4 is 33.3 Å². The lowest BCUT2D eigenvalue weighted by Crippen LogP contribution is -2.08. The van der Waals surface area contributed by atoms with E-state index in [9.17, 15) is 0 Å². The third-order valence-corrected chi connectivity index (χ3v) is 8.29. The van der Waals surface area contributed by atoms with Crippen molar-refractivity contribution in [2.75, 3.05) is 0 Å². The molecule has 4 aromatic rings. The monoisotopic (exact) mass is 448 g/mol. The summed E-state index contributed by atoms with van der Waals surface area (Å²) >= 11 is 3.60. The summed E-state index contributed by atoms with van der Waals surface area (Å²) in [6.45, 7) is 4.42. The highest BCUT2D eigenvalue weighted by Gasteiger charge is 2.30. The molecule has 0 saturated heterocycles. The van der Waals surface area contributed by atoms with Crippen LogP contribution in [0.4, 0.5) is 0 Å². The minimum Gasteiger partial charge on any atom is -0.420 e. The minimum absolute atomic E-state index is 0.540. The maximum Gasteiger partial charge on any atom is 0.247 e. The van der Waals surface area contributed by atoms with Gasteiger partial charge in [0.15, 0.2) is 0 Å². The molecule has 7 heteroatoms. The van der Waals surface area contributed by atoms with E-state index in [4.69, 9.17) is 14.4 Å². The van der Waals surface area contributed by atoms with E-state index in [1.807, 2.05) is 23.5 Å². The standard InChI is InChI=1S/C24H24N4OS2/c1-13-3-6-16(7-4-13)22-28-27-19(29-22)12-30-23-20-17-10-5-14(2)11-18(17)31-24(20)26-21(25-23)15-8-9-15/h3-4,6-7,14-15H,5,8-12H2,1-2H3/t14-/m0/s1. The van der Waals surface area contributed by atoms with E-state index in [-0.39, 0.29) is 0 Å². The number of aryl methyl sites for hydroxylation is 2. The van der Waals surface area contributed by atoms with Crippen LogP contribution in [0, 0.1) is 12.8 Å². The molecule has 5 nitrogen and oxygen atoms in total. The molecule has 0 bridgehead atoms. The zero-order valence-electron chi connectivity index (χ0n) is 17.7. The van der Waals surface area contributed by atoms with Gasteiger partial charge in [0.05, 0.1) is 5.75 Å². The van der Waals surface area contributed by atoms with Gasteiger partial charge >= 0.3 is 0 Å². The number of fused-ring (bicyclic) bond motifs is 3. The highest BCUT2D eigenvalue weighted by Crippen LogP contribution is 2.45. The summed E-state index contributed by atoms with van der Waals surface area (Å²) in [4.78, 5) is 12.7. The van der Waals surface area contributed by atoms with Gasteiger partial charge in [0, 0.05) is 21.7 Å². The maximum absolute atomic E-state index is 5.96. The van der Waals surface area contributed by atoms with Crippen LogP contribution in [0.1, 0.15) is 59.8 Å². The molecule has 6 rings (SSSR count). The lowest BCUT2D eigenvalue weighted by molar-refractivity contribution is 0.509. The maximum atomic E-state index is 5.96. The van der Waals surface area contributed by atoms with Crippen molar-refractivity contribution in [3.05, 3.63) is 52.0 Å². The van der Waals surface area contributed by atoms with Crippen molar-refractivity contribution in [1.82, 2.24) is 20.2 Å². The summed E-state index contributed by atoms with van der Waals surface area (Å²) in [5, 5.41) is 10.9. The normalized spacial score (nSPS) is 18.5. The number of benzene rings is 1. The molecule has 1 fully saturated rings. The van der Waals surface area contributed by atoms with E-state index >= 15 is 0 Å².